The van der Waals surface area contributed by atoms with Crippen LogP contribution in [0, 0.1) is 5.92 Å². The van der Waals surface area contributed by atoms with Gasteiger partial charge in [0, 0.05) is 16.8 Å². The van der Waals surface area contributed by atoms with Crippen LogP contribution in [-0.4, -0.2) is 6.54 Å². The number of fused-ring (bicyclic) bond motifs is 1. The van der Waals surface area contributed by atoms with E-state index in [1.807, 2.05) is 17.4 Å². The van der Waals surface area contributed by atoms with Gasteiger partial charge in [-0.15, -0.1) is 23.7 Å². The molecule has 4 rings (SSSR count). The Kier molecular flexibility index (Phi) is 8.56. The van der Waals surface area contributed by atoms with Crippen LogP contribution in [0.2, 0.25) is 10.0 Å². The van der Waals surface area contributed by atoms with E-state index in [0.29, 0.717) is 22.0 Å². The summed E-state index contributed by atoms with van der Waals surface area (Å²) in [4.78, 5) is 1.50. The van der Waals surface area contributed by atoms with Crippen LogP contribution in [-0.2, 0) is 0 Å². The zero-order valence-electron chi connectivity index (χ0n) is 16.3. The third kappa shape index (κ3) is 5.26. The van der Waals surface area contributed by atoms with Crippen LogP contribution in [0.25, 0.3) is 0 Å². The minimum absolute atomic E-state index is 0. The zero-order valence-corrected chi connectivity index (χ0v) is 19.4. The van der Waals surface area contributed by atoms with E-state index < -0.39 is 0 Å². The SMILES string of the molecule is Cl.Clc1ccc(C2CCC(NCCCC3CCCCC3)c3ccsc32)cc1Cl. The summed E-state index contributed by atoms with van der Waals surface area (Å²) in [5.41, 5.74) is 2.80. The predicted molar refractivity (Wildman–Crippen MR) is 126 cm³/mol. The Labute approximate surface area is 189 Å². The van der Waals surface area contributed by atoms with Gasteiger partial charge in [0.05, 0.1) is 10.0 Å². The average Bonchev–Trinajstić information content (AvgIpc) is 3.18. The largest absolute Gasteiger partial charge is 0.310 e. The minimum atomic E-state index is 0. The van der Waals surface area contributed by atoms with Gasteiger partial charge in [-0.1, -0.05) is 61.4 Å². The summed E-state index contributed by atoms with van der Waals surface area (Å²) in [6.07, 6.45) is 12.4. The van der Waals surface area contributed by atoms with E-state index in [2.05, 4.69) is 28.9 Å². The molecule has 0 amide bonds. The molecule has 2 aliphatic rings. The molecule has 1 heterocycles. The van der Waals surface area contributed by atoms with Gasteiger partial charge >= 0.3 is 0 Å². The van der Waals surface area contributed by atoms with Gasteiger partial charge in [0.15, 0.2) is 0 Å². The van der Waals surface area contributed by atoms with E-state index >= 15 is 0 Å². The van der Waals surface area contributed by atoms with Gasteiger partial charge in [0.2, 0.25) is 0 Å². The van der Waals surface area contributed by atoms with Crippen LogP contribution in [0.15, 0.2) is 29.6 Å². The molecule has 1 fully saturated rings. The molecule has 5 heteroatoms. The summed E-state index contributed by atoms with van der Waals surface area (Å²) in [6.45, 7) is 1.15. The highest BCUT2D eigenvalue weighted by molar-refractivity contribution is 7.10. The highest BCUT2D eigenvalue weighted by Crippen LogP contribution is 2.45. The van der Waals surface area contributed by atoms with Gasteiger partial charge in [-0.05, 0) is 72.9 Å². The predicted octanol–water partition coefficient (Wildman–Crippen LogP) is 8.39. The molecule has 2 atom stereocenters. The third-order valence-electron chi connectivity index (χ3n) is 6.41. The van der Waals surface area contributed by atoms with Gasteiger partial charge in [-0.25, -0.2) is 0 Å². The van der Waals surface area contributed by atoms with Crippen molar-refractivity contribution < 1.29 is 0 Å². The summed E-state index contributed by atoms with van der Waals surface area (Å²) in [5.74, 6) is 1.44. The number of benzene rings is 1. The van der Waals surface area contributed by atoms with E-state index in [4.69, 9.17) is 23.2 Å². The zero-order chi connectivity index (χ0) is 18.6. The number of halogens is 3. The molecule has 1 N–H and O–H groups in total. The number of thiophene rings is 1. The van der Waals surface area contributed by atoms with Crippen LogP contribution in [0.4, 0.5) is 0 Å². The van der Waals surface area contributed by atoms with Crippen molar-refractivity contribution in [3.05, 3.63) is 55.7 Å². The average molecular weight is 459 g/mol. The molecular formula is C23H30Cl3NS. The molecule has 0 spiro atoms. The van der Waals surface area contributed by atoms with Gasteiger partial charge in [0.1, 0.15) is 0 Å². The van der Waals surface area contributed by atoms with Gasteiger partial charge in [-0.3, -0.25) is 0 Å². The molecule has 0 aliphatic heterocycles. The first-order valence-electron chi connectivity index (χ1n) is 10.5. The van der Waals surface area contributed by atoms with E-state index in [0.717, 1.165) is 12.5 Å². The summed E-state index contributed by atoms with van der Waals surface area (Å²) in [5, 5.41) is 7.40. The Balaban J connectivity index is 0.00000225. The topological polar surface area (TPSA) is 12.0 Å². The van der Waals surface area contributed by atoms with Gasteiger partial charge in [-0.2, -0.15) is 0 Å². The molecule has 2 aliphatic carbocycles. The normalized spacial score (nSPS) is 22.5. The van der Waals surface area contributed by atoms with E-state index in [1.165, 1.54) is 73.8 Å². The van der Waals surface area contributed by atoms with Crippen molar-refractivity contribution >= 4 is 46.9 Å². The molecule has 2 unspecified atom stereocenters. The molecule has 1 nitrogen and oxygen atoms in total. The molecule has 1 saturated carbocycles. The first-order valence-corrected chi connectivity index (χ1v) is 12.1. The first-order chi connectivity index (χ1) is 13.2. The Morgan fingerprint density at radius 1 is 0.964 bits per heavy atom. The Bertz CT molecular complexity index is 754. The van der Waals surface area contributed by atoms with Crippen molar-refractivity contribution in [2.24, 2.45) is 5.92 Å². The van der Waals surface area contributed by atoms with E-state index in [-0.39, 0.29) is 12.4 Å². The first kappa shape index (κ1) is 22.4. The lowest BCUT2D eigenvalue weighted by atomic mass is 9.82. The molecule has 2 aromatic rings. The summed E-state index contributed by atoms with van der Waals surface area (Å²) in [6, 6.07) is 8.96. The van der Waals surface area contributed by atoms with Crippen LogP contribution < -0.4 is 5.32 Å². The molecule has 0 bridgehead atoms. The summed E-state index contributed by atoms with van der Waals surface area (Å²) < 4.78 is 0. The van der Waals surface area contributed by atoms with Crippen LogP contribution in [0.3, 0.4) is 0 Å². The monoisotopic (exact) mass is 457 g/mol. The Morgan fingerprint density at radius 3 is 2.57 bits per heavy atom. The second kappa shape index (κ2) is 10.7. The van der Waals surface area contributed by atoms with E-state index in [9.17, 15) is 0 Å². The third-order valence-corrected chi connectivity index (χ3v) is 8.20. The molecular weight excluding hydrogens is 429 g/mol. The lowest BCUT2D eigenvalue weighted by Gasteiger charge is -2.30. The van der Waals surface area contributed by atoms with Crippen LogP contribution in [0.1, 0.15) is 85.8 Å². The molecule has 1 aromatic heterocycles. The van der Waals surface area contributed by atoms with Crippen molar-refractivity contribution in [3.8, 4) is 0 Å². The maximum atomic E-state index is 6.27. The van der Waals surface area contributed by atoms with Gasteiger partial charge < -0.3 is 5.32 Å². The van der Waals surface area contributed by atoms with Crippen LogP contribution in [0.5, 0.6) is 0 Å². The fourth-order valence-electron chi connectivity index (χ4n) is 4.92. The summed E-state index contributed by atoms with van der Waals surface area (Å²) >= 11 is 14.3. The smallest absolute Gasteiger partial charge is 0.0595 e. The van der Waals surface area contributed by atoms with E-state index in [1.54, 1.807) is 0 Å². The minimum Gasteiger partial charge on any atom is -0.310 e. The highest BCUT2D eigenvalue weighted by Gasteiger charge is 2.29. The molecule has 154 valence electrons. The second-order valence-corrected chi connectivity index (χ2v) is 9.96. The van der Waals surface area contributed by atoms with Crippen molar-refractivity contribution in [2.45, 2.75) is 69.7 Å². The van der Waals surface area contributed by atoms with Crippen molar-refractivity contribution in [3.63, 3.8) is 0 Å². The standard InChI is InChI=1S/C23H29Cl2NS.ClH/c24-20-10-8-17(15-21(20)25)18-9-11-22(19-12-14-27-23(18)19)26-13-4-7-16-5-2-1-3-6-16;/h8,10,12,14-16,18,22,26H,1-7,9,11,13H2;1H. The Hall–Kier alpha value is -0.250. The molecule has 28 heavy (non-hydrogen) atoms. The fraction of sp³-hybridized carbons (Fsp3) is 0.565. The maximum absolute atomic E-state index is 6.27. The summed E-state index contributed by atoms with van der Waals surface area (Å²) in [7, 11) is 0. The molecule has 0 radical (unpaired) electrons. The lowest BCUT2D eigenvalue weighted by molar-refractivity contribution is 0.325. The van der Waals surface area contributed by atoms with Gasteiger partial charge in [0.25, 0.3) is 0 Å². The maximum Gasteiger partial charge on any atom is 0.0595 e. The fourth-order valence-corrected chi connectivity index (χ4v) is 6.36. The second-order valence-electron chi connectivity index (χ2n) is 8.20. The molecule has 1 aromatic carbocycles. The van der Waals surface area contributed by atoms with Crippen LogP contribution >= 0.6 is 46.9 Å². The quantitative estimate of drug-likeness (QED) is 0.428. The highest BCUT2D eigenvalue weighted by atomic mass is 35.5. The number of hydrogen-bond donors (Lipinski definition) is 1. The number of nitrogens with one attached hydrogen (secondary N) is 1. The van der Waals surface area contributed by atoms with Crippen molar-refractivity contribution in [1.82, 2.24) is 5.32 Å². The Morgan fingerprint density at radius 2 is 1.79 bits per heavy atom. The number of rotatable bonds is 6. The lowest BCUT2D eigenvalue weighted by Crippen LogP contribution is -2.27. The van der Waals surface area contributed by atoms with Crippen molar-refractivity contribution in [2.75, 3.05) is 6.54 Å². The molecule has 0 saturated heterocycles. The van der Waals surface area contributed by atoms with Crippen molar-refractivity contribution in [1.29, 1.82) is 0 Å². The number of hydrogen-bond acceptors (Lipinski definition) is 2.